The average Bonchev–Trinajstić information content (AvgIpc) is 3.27. The number of carbonyl (C=O) groups excluding carboxylic acids is 1. The standard InChI is InChI=1S/C27H25N3O4/c1-26-23-19(33-3)14-30-15-20(23)34-27(26,18-11-9-16(13-28)10-12-18)22(17-7-5-4-6-8-17)21(24(26)31)25(32)29-2/h4-12,14-15,21-22,24,31H,1-3H3,(H,29,32)/t21-,22-,24-,26?,27+/m1/s1. The molecule has 0 radical (unpaired) electrons. The summed E-state index contributed by atoms with van der Waals surface area (Å²) in [6.07, 6.45) is 2.11. The lowest BCUT2D eigenvalue weighted by Gasteiger charge is -2.42. The molecule has 7 heteroatoms. The maximum absolute atomic E-state index is 13.3. The van der Waals surface area contributed by atoms with Crippen LogP contribution in [-0.4, -0.2) is 36.3 Å². The molecule has 7 nitrogen and oxygen atoms in total. The molecule has 1 amide bonds. The predicted octanol–water partition coefficient (Wildman–Crippen LogP) is 3.03. The zero-order valence-corrected chi connectivity index (χ0v) is 19.1. The monoisotopic (exact) mass is 455 g/mol. The molecule has 1 aliphatic carbocycles. The number of fused-ring (bicyclic) bond motifs is 3. The highest BCUT2D eigenvalue weighted by atomic mass is 16.5. The number of nitrogens with one attached hydrogen (secondary N) is 1. The van der Waals surface area contributed by atoms with Crippen LogP contribution in [0.4, 0.5) is 0 Å². The van der Waals surface area contributed by atoms with Gasteiger partial charge in [0, 0.05) is 13.0 Å². The molecule has 5 rings (SSSR count). The van der Waals surface area contributed by atoms with Gasteiger partial charge in [-0.1, -0.05) is 42.5 Å². The van der Waals surface area contributed by atoms with Gasteiger partial charge in [0.25, 0.3) is 0 Å². The van der Waals surface area contributed by atoms with Crippen LogP contribution >= 0.6 is 0 Å². The minimum atomic E-state index is -1.17. The molecule has 0 spiro atoms. The number of rotatable bonds is 4. The van der Waals surface area contributed by atoms with Gasteiger partial charge in [-0.05, 0) is 30.2 Å². The molecule has 3 aromatic rings. The van der Waals surface area contributed by atoms with Crippen LogP contribution in [0.5, 0.6) is 11.5 Å². The van der Waals surface area contributed by atoms with E-state index < -0.39 is 29.0 Å². The third-order valence-electron chi connectivity index (χ3n) is 7.54. The van der Waals surface area contributed by atoms with Crippen molar-refractivity contribution in [2.75, 3.05) is 14.2 Å². The third-order valence-corrected chi connectivity index (χ3v) is 7.54. The van der Waals surface area contributed by atoms with Gasteiger partial charge in [0.05, 0.1) is 54.1 Å². The van der Waals surface area contributed by atoms with Crippen LogP contribution in [-0.2, 0) is 15.8 Å². The van der Waals surface area contributed by atoms with Crippen LogP contribution in [0.25, 0.3) is 0 Å². The molecule has 1 fully saturated rings. The number of hydrogen-bond donors (Lipinski definition) is 2. The second-order valence-corrected chi connectivity index (χ2v) is 8.92. The summed E-state index contributed by atoms with van der Waals surface area (Å²) >= 11 is 0. The fourth-order valence-corrected chi connectivity index (χ4v) is 6.08. The van der Waals surface area contributed by atoms with E-state index in [9.17, 15) is 15.2 Å². The zero-order valence-electron chi connectivity index (χ0n) is 19.1. The number of carbonyl (C=O) groups is 1. The molecule has 5 atom stereocenters. The van der Waals surface area contributed by atoms with E-state index in [1.54, 1.807) is 38.7 Å². The predicted molar refractivity (Wildman–Crippen MR) is 124 cm³/mol. The Morgan fingerprint density at radius 2 is 1.88 bits per heavy atom. The minimum Gasteiger partial charge on any atom is -0.495 e. The number of aliphatic hydroxyl groups excluding tert-OH is 1. The van der Waals surface area contributed by atoms with E-state index >= 15 is 0 Å². The Hall–Kier alpha value is -3.89. The van der Waals surface area contributed by atoms with Crippen molar-refractivity contribution in [3.8, 4) is 17.6 Å². The topological polar surface area (TPSA) is 104 Å². The number of hydrogen-bond acceptors (Lipinski definition) is 6. The number of ether oxygens (including phenoxy) is 2. The Morgan fingerprint density at radius 3 is 2.50 bits per heavy atom. The van der Waals surface area contributed by atoms with Crippen LogP contribution < -0.4 is 14.8 Å². The van der Waals surface area contributed by atoms with E-state index in [0.29, 0.717) is 22.6 Å². The summed E-state index contributed by atoms with van der Waals surface area (Å²) in [5.74, 6) is -0.638. The van der Waals surface area contributed by atoms with Gasteiger partial charge in [-0.25, -0.2) is 0 Å². The van der Waals surface area contributed by atoms with E-state index in [4.69, 9.17) is 9.47 Å². The Labute approximate surface area is 198 Å². The summed E-state index contributed by atoms with van der Waals surface area (Å²) in [5, 5.41) is 24.1. The average molecular weight is 456 g/mol. The van der Waals surface area contributed by atoms with Crippen molar-refractivity contribution in [1.29, 1.82) is 5.26 Å². The van der Waals surface area contributed by atoms with Gasteiger partial charge in [0.1, 0.15) is 11.5 Å². The number of pyridine rings is 1. The van der Waals surface area contributed by atoms with Crippen molar-refractivity contribution < 1.29 is 19.4 Å². The van der Waals surface area contributed by atoms with Crippen LogP contribution in [0, 0.1) is 17.2 Å². The van der Waals surface area contributed by atoms with Gasteiger partial charge in [-0.15, -0.1) is 0 Å². The van der Waals surface area contributed by atoms with Gasteiger partial charge in [-0.2, -0.15) is 5.26 Å². The zero-order chi connectivity index (χ0) is 24.1. The molecular formula is C27H25N3O4. The molecule has 1 aromatic heterocycles. The number of amides is 1. The Bertz CT molecular complexity index is 1290. The first-order valence-electron chi connectivity index (χ1n) is 11.1. The summed E-state index contributed by atoms with van der Waals surface area (Å²) in [6.45, 7) is 1.92. The number of aliphatic hydroxyl groups is 1. The van der Waals surface area contributed by atoms with Gasteiger partial charge >= 0.3 is 0 Å². The first kappa shape index (κ1) is 21.9. The number of nitriles is 1. The van der Waals surface area contributed by atoms with E-state index in [0.717, 1.165) is 11.1 Å². The van der Waals surface area contributed by atoms with E-state index in [-0.39, 0.29) is 5.91 Å². The van der Waals surface area contributed by atoms with Gasteiger partial charge in [0.15, 0.2) is 5.60 Å². The summed E-state index contributed by atoms with van der Waals surface area (Å²) < 4.78 is 12.5. The fourth-order valence-electron chi connectivity index (χ4n) is 6.08. The van der Waals surface area contributed by atoms with Gasteiger partial charge < -0.3 is 19.9 Å². The lowest BCUT2D eigenvalue weighted by molar-refractivity contribution is -0.128. The first-order valence-corrected chi connectivity index (χ1v) is 11.1. The number of benzene rings is 2. The Balaban J connectivity index is 1.88. The first-order chi connectivity index (χ1) is 16.4. The molecule has 2 aromatic carbocycles. The van der Waals surface area contributed by atoms with Gasteiger partial charge in [0.2, 0.25) is 5.91 Å². The van der Waals surface area contributed by atoms with Crippen LogP contribution in [0.1, 0.15) is 35.1 Å². The largest absolute Gasteiger partial charge is 0.495 e. The quantitative estimate of drug-likeness (QED) is 0.627. The maximum atomic E-state index is 13.3. The molecule has 2 N–H and O–H groups in total. The molecule has 0 bridgehead atoms. The normalized spacial score (nSPS) is 28.9. The number of methoxy groups -OCH3 is 1. The maximum Gasteiger partial charge on any atom is 0.226 e. The third kappa shape index (κ3) is 2.66. The van der Waals surface area contributed by atoms with E-state index in [1.807, 2.05) is 49.4 Å². The van der Waals surface area contributed by atoms with Crippen molar-refractivity contribution in [2.45, 2.75) is 30.0 Å². The van der Waals surface area contributed by atoms with Crippen LogP contribution in [0.15, 0.2) is 67.0 Å². The SMILES string of the molecule is CNC(=O)[C@H]1[C@@H](O)C2(C)c3c(OC)cncc3O[C@@]2(c2ccc(C#N)cc2)[C@@H]1c1ccccc1. The highest BCUT2D eigenvalue weighted by Gasteiger charge is 2.75. The Morgan fingerprint density at radius 1 is 1.18 bits per heavy atom. The van der Waals surface area contributed by atoms with Gasteiger partial charge in [-0.3, -0.25) is 9.78 Å². The highest BCUT2D eigenvalue weighted by Crippen LogP contribution is 2.70. The van der Waals surface area contributed by atoms with Crippen molar-refractivity contribution in [3.05, 3.63) is 89.2 Å². The summed E-state index contributed by atoms with van der Waals surface area (Å²) in [6, 6.07) is 18.9. The summed E-state index contributed by atoms with van der Waals surface area (Å²) in [5.41, 5.74) is 0.568. The van der Waals surface area contributed by atoms with Crippen molar-refractivity contribution in [2.24, 2.45) is 5.92 Å². The van der Waals surface area contributed by atoms with E-state index in [1.165, 1.54) is 0 Å². The van der Waals surface area contributed by atoms with Crippen LogP contribution in [0.2, 0.25) is 0 Å². The lowest BCUT2D eigenvalue weighted by atomic mass is 9.64. The van der Waals surface area contributed by atoms with Crippen molar-refractivity contribution in [1.82, 2.24) is 10.3 Å². The molecule has 172 valence electrons. The van der Waals surface area contributed by atoms with Crippen LogP contribution in [0.3, 0.4) is 0 Å². The summed E-state index contributed by atoms with van der Waals surface area (Å²) in [4.78, 5) is 17.6. The second kappa shape index (κ2) is 7.86. The second-order valence-electron chi connectivity index (χ2n) is 8.92. The van der Waals surface area contributed by atoms with E-state index in [2.05, 4.69) is 16.4 Å². The molecule has 1 aliphatic heterocycles. The molecule has 0 saturated heterocycles. The molecule has 34 heavy (non-hydrogen) atoms. The molecule has 1 saturated carbocycles. The molecule has 1 unspecified atom stereocenters. The molecular weight excluding hydrogens is 430 g/mol. The van der Waals surface area contributed by atoms with Crippen molar-refractivity contribution in [3.63, 3.8) is 0 Å². The molecule has 2 aliphatic rings. The lowest BCUT2D eigenvalue weighted by Crippen LogP contribution is -2.50. The van der Waals surface area contributed by atoms with Crippen molar-refractivity contribution >= 4 is 5.91 Å². The highest BCUT2D eigenvalue weighted by molar-refractivity contribution is 5.83. The smallest absolute Gasteiger partial charge is 0.226 e. The number of nitrogens with zero attached hydrogens (tertiary/aromatic N) is 2. The summed E-state index contributed by atoms with van der Waals surface area (Å²) in [7, 11) is 3.12. The fraction of sp³-hybridized carbons (Fsp3) is 0.296. The Kier molecular flexibility index (Phi) is 5.07. The number of aromatic nitrogens is 1. The molecule has 2 heterocycles. The minimum absolute atomic E-state index is 0.275.